The quantitative estimate of drug-likeness (QED) is 0.838. The van der Waals surface area contributed by atoms with Crippen molar-refractivity contribution < 1.29 is 19.4 Å². The molecule has 0 heterocycles. The van der Waals surface area contributed by atoms with Crippen LogP contribution in [0.1, 0.15) is 32.8 Å². The van der Waals surface area contributed by atoms with Crippen LogP contribution in [0, 0.1) is 0 Å². The van der Waals surface area contributed by atoms with Gasteiger partial charge in [0.1, 0.15) is 11.5 Å². The molecule has 0 spiro atoms. The van der Waals surface area contributed by atoms with Gasteiger partial charge in [-0.2, -0.15) is 0 Å². The van der Waals surface area contributed by atoms with E-state index in [0.717, 1.165) is 17.1 Å². The fraction of sp³-hybridized carbons (Fsp3) is 0.562. The zero-order valence-corrected chi connectivity index (χ0v) is 13.5. The van der Waals surface area contributed by atoms with E-state index in [9.17, 15) is 4.79 Å². The summed E-state index contributed by atoms with van der Waals surface area (Å²) in [6, 6.07) is 5.68. The summed E-state index contributed by atoms with van der Waals surface area (Å²) in [6.45, 7) is 7.35. The Hall–Kier alpha value is -1.75. The highest BCUT2D eigenvalue weighted by molar-refractivity contribution is 5.66. The number of carboxylic acids is 1. The second kappa shape index (κ2) is 7.31. The molecule has 0 bridgehead atoms. The van der Waals surface area contributed by atoms with Crippen LogP contribution >= 0.6 is 0 Å². The smallest absolute Gasteiger partial charge is 0.304 e. The van der Waals surface area contributed by atoms with Crippen LogP contribution in [-0.4, -0.2) is 42.3 Å². The van der Waals surface area contributed by atoms with E-state index < -0.39 is 5.97 Å². The summed E-state index contributed by atoms with van der Waals surface area (Å²) in [5, 5.41) is 8.90. The number of hydrogen-bond donors (Lipinski definition) is 1. The molecule has 21 heavy (non-hydrogen) atoms. The number of hydrogen-bond acceptors (Lipinski definition) is 4. The number of nitrogens with zero attached hydrogens (tertiary/aromatic N) is 1. The van der Waals surface area contributed by atoms with Gasteiger partial charge in [0.25, 0.3) is 0 Å². The average molecular weight is 295 g/mol. The van der Waals surface area contributed by atoms with Crippen molar-refractivity contribution in [3.63, 3.8) is 0 Å². The fourth-order valence-electron chi connectivity index (χ4n) is 2.07. The van der Waals surface area contributed by atoms with Gasteiger partial charge in [0, 0.05) is 30.3 Å². The van der Waals surface area contributed by atoms with E-state index in [0.29, 0.717) is 13.1 Å². The predicted octanol–water partition coefficient (Wildman–Crippen LogP) is 2.78. The third-order valence-electron chi connectivity index (χ3n) is 3.40. The van der Waals surface area contributed by atoms with Crippen molar-refractivity contribution >= 4 is 5.97 Å². The van der Waals surface area contributed by atoms with Crippen molar-refractivity contribution in [1.82, 2.24) is 4.90 Å². The molecular formula is C16H25NO4. The lowest BCUT2D eigenvalue weighted by molar-refractivity contribution is -0.137. The SMILES string of the molecule is COc1ccc(CN(CCC(=O)O)C(C)(C)C)c(OC)c1. The normalized spacial score (nSPS) is 11.5. The van der Waals surface area contributed by atoms with Crippen LogP contribution in [0.2, 0.25) is 0 Å². The Bertz CT molecular complexity index is 480. The second-order valence-corrected chi connectivity index (χ2v) is 5.91. The third kappa shape index (κ3) is 5.27. The minimum atomic E-state index is -0.786. The maximum Gasteiger partial charge on any atom is 0.304 e. The first kappa shape index (κ1) is 17.3. The Balaban J connectivity index is 2.94. The Kier molecular flexibility index (Phi) is 6.03. The second-order valence-electron chi connectivity index (χ2n) is 5.91. The van der Waals surface area contributed by atoms with E-state index in [1.54, 1.807) is 14.2 Å². The first-order chi connectivity index (χ1) is 9.77. The van der Waals surface area contributed by atoms with Gasteiger partial charge in [-0.25, -0.2) is 0 Å². The maximum atomic E-state index is 10.8. The molecule has 0 atom stereocenters. The minimum absolute atomic E-state index is 0.121. The summed E-state index contributed by atoms with van der Waals surface area (Å²) in [6.07, 6.45) is 0.121. The van der Waals surface area contributed by atoms with E-state index in [1.807, 2.05) is 18.2 Å². The summed E-state index contributed by atoms with van der Waals surface area (Å²) in [7, 11) is 3.24. The van der Waals surface area contributed by atoms with Crippen molar-refractivity contribution in [2.75, 3.05) is 20.8 Å². The molecule has 5 nitrogen and oxygen atoms in total. The van der Waals surface area contributed by atoms with Crippen LogP contribution in [0.5, 0.6) is 11.5 Å². The van der Waals surface area contributed by atoms with Crippen molar-refractivity contribution in [3.8, 4) is 11.5 Å². The number of rotatable bonds is 7. The molecule has 0 unspecified atom stereocenters. The molecular weight excluding hydrogens is 270 g/mol. The topological polar surface area (TPSA) is 59.0 Å². The number of carbonyl (C=O) groups is 1. The molecule has 0 fully saturated rings. The number of methoxy groups -OCH3 is 2. The zero-order chi connectivity index (χ0) is 16.0. The van der Waals surface area contributed by atoms with Crippen LogP contribution in [0.25, 0.3) is 0 Å². The number of benzene rings is 1. The Morgan fingerprint density at radius 2 is 1.90 bits per heavy atom. The van der Waals surface area contributed by atoms with Gasteiger partial charge in [0.05, 0.1) is 20.6 Å². The first-order valence-corrected chi connectivity index (χ1v) is 6.95. The molecule has 1 rings (SSSR count). The first-order valence-electron chi connectivity index (χ1n) is 6.95. The van der Waals surface area contributed by atoms with Gasteiger partial charge in [-0.1, -0.05) is 6.07 Å². The molecule has 1 aromatic carbocycles. The van der Waals surface area contributed by atoms with Gasteiger partial charge in [-0.3, -0.25) is 9.69 Å². The monoisotopic (exact) mass is 295 g/mol. The van der Waals surface area contributed by atoms with Gasteiger partial charge >= 0.3 is 5.97 Å². The minimum Gasteiger partial charge on any atom is -0.497 e. The molecule has 5 heteroatoms. The molecule has 0 aliphatic rings. The maximum absolute atomic E-state index is 10.8. The predicted molar refractivity (Wildman–Crippen MR) is 82.0 cm³/mol. The summed E-state index contributed by atoms with van der Waals surface area (Å²) in [5.41, 5.74) is 0.888. The molecule has 0 saturated carbocycles. The highest BCUT2D eigenvalue weighted by Gasteiger charge is 2.23. The van der Waals surface area contributed by atoms with Crippen LogP contribution < -0.4 is 9.47 Å². The van der Waals surface area contributed by atoms with Crippen LogP contribution in [0.3, 0.4) is 0 Å². The molecule has 0 amide bonds. The van der Waals surface area contributed by atoms with Crippen molar-refractivity contribution in [2.45, 2.75) is 39.3 Å². The van der Waals surface area contributed by atoms with Gasteiger partial charge in [0.2, 0.25) is 0 Å². The van der Waals surface area contributed by atoms with Gasteiger partial charge < -0.3 is 14.6 Å². The summed E-state index contributed by atoms with van der Waals surface area (Å²) in [4.78, 5) is 13.0. The van der Waals surface area contributed by atoms with E-state index in [2.05, 4.69) is 25.7 Å². The summed E-state index contributed by atoms with van der Waals surface area (Å²) >= 11 is 0. The van der Waals surface area contributed by atoms with Crippen molar-refractivity contribution in [3.05, 3.63) is 23.8 Å². The standard InChI is InChI=1S/C16H25NO4/c1-16(2,3)17(9-8-15(18)19)11-12-6-7-13(20-4)10-14(12)21-5/h6-7,10H,8-9,11H2,1-5H3,(H,18,19). The van der Waals surface area contributed by atoms with Crippen molar-refractivity contribution in [1.29, 1.82) is 0 Å². The van der Waals surface area contributed by atoms with Gasteiger partial charge in [-0.05, 0) is 26.8 Å². The summed E-state index contributed by atoms with van der Waals surface area (Å²) in [5.74, 6) is 0.702. The van der Waals surface area contributed by atoms with Crippen LogP contribution in [-0.2, 0) is 11.3 Å². The van der Waals surface area contributed by atoms with Gasteiger partial charge in [0.15, 0.2) is 0 Å². The highest BCUT2D eigenvalue weighted by Crippen LogP contribution is 2.28. The Labute approximate surface area is 126 Å². The average Bonchev–Trinajstić information content (AvgIpc) is 2.41. The van der Waals surface area contributed by atoms with E-state index in [4.69, 9.17) is 14.6 Å². The molecule has 0 saturated heterocycles. The third-order valence-corrected chi connectivity index (χ3v) is 3.40. The molecule has 0 aliphatic carbocycles. The molecule has 1 aromatic rings. The number of aliphatic carboxylic acids is 1. The fourth-order valence-corrected chi connectivity index (χ4v) is 2.07. The highest BCUT2D eigenvalue weighted by atomic mass is 16.5. The molecule has 0 aliphatic heterocycles. The lowest BCUT2D eigenvalue weighted by Crippen LogP contribution is -2.42. The number of carboxylic acid groups (broad SMARTS) is 1. The van der Waals surface area contributed by atoms with E-state index >= 15 is 0 Å². The van der Waals surface area contributed by atoms with Gasteiger partial charge in [-0.15, -0.1) is 0 Å². The molecule has 1 N–H and O–H groups in total. The van der Waals surface area contributed by atoms with Crippen molar-refractivity contribution in [2.24, 2.45) is 0 Å². The molecule has 0 aromatic heterocycles. The lowest BCUT2D eigenvalue weighted by atomic mass is 10.0. The Morgan fingerprint density at radius 3 is 2.38 bits per heavy atom. The summed E-state index contributed by atoms with van der Waals surface area (Å²) < 4.78 is 10.6. The lowest BCUT2D eigenvalue weighted by Gasteiger charge is -2.35. The molecule has 0 radical (unpaired) electrons. The van der Waals surface area contributed by atoms with E-state index in [1.165, 1.54) is 0 Å². The Morgan fingerprint density at radius 1 is 1.24 bits per heavy atom. The molecule has 118 valence electrons. The van der Waals surface area contributed by atoms with Crippen LogP contribution in [0.15, 0.2) is 18.2 Å². The zero-order valence-electron chi connectivity index (χ0n) is 13.5. The number of ether oxygens (including phenoxy) is 2. The largest absolute Gasteiger partial charge is 0.497 e. The van der Waals surface area contributed by atoms with E-state index in [-0.39, 0.29) is 12.0 Å². The van der Waals surface area contributed by atoms with Crippen LogP contribution in [0.4, 0.5) is 0 Å².